The Bertz CT molecular complexity index is 704. The van der Waals surface area contributed by atoms with E-state index in [1.54, 1.807) is 30.3 Å². The smallest absolute Gasteiger partial charge is 0.407 e. The van der Waals surface area contributed by atoms with Crippen molar-refractivity contribution in [3.05, 3.63) is 78.4 Å². The maximum absolute atomic E-state index is 11.7. The molecule has 2 aromatic rings. The van der Waals surface area contributed by atoms with E-state index in [0.717, 1.165) is 5.56 Å². The lowest BCUT2D eigenvalue weighted by Crippen LogP contribution is -2.35. The van der Waals surface area contributed by atoms with Gasteiger partial charge in [-0.1, -0.05) is 61.2 Å². The van der Waals surface area contributed by atoms with Crippen LogP contribution in [0.1, 0.15) is 17.2 Å². The number of carbonyl (C=O) groups excluding carboxylic acids is 1. The van der Waals surface area contributed by atoms with Gasteiger partial charge in [-0.3, -0.25) is 0 Å². The summed E-state index contributed by atoms with van der Waals surface area (Å²) >= 11 is 0. The van der Waals surface area contributed by atoms with Crippen LogP contribution in [0.4, 0.5) is 4.79 Å². The van der Waals surface area contributed by atoms with Gasteiger partial charge in [-0.15, -0.1) is 0 Å². The van der Waals surface area contributed by atoms with Gasteiger partial charge in [-0.05, 0) is 11.6 Å². The summed E-state index contributed by atoms with van der Waals surface area (Å²) < 4.78 is 10.5. The summed E-state index contributed by atoms with van der Waals surface area (Å²) in [6.45, 7) is 3.82. The van der Waals surface area contributed by atoms with Gasteiger partial charge in [0.2, 0.25) is 0 Å². The first-order valence-corrected chi connectivity index (χ1v) is 8.25. The maximum atomic E-state index is 11.7. The molecule has 2 rings (SSSR count). The highest BCUT2D eigenvalue weighted by atomic mass is 16.5. The standard InChI is InChI=1S/C20H23NO5/c1-2-12-25-18-11-7-6-10-16(18)19(23)17(22)13-21-20(24)26-14-15-8-4-3-5-9-15/h2-11,17,19,22-23H,1,12-14H2,(H,21,24). The van der Waals surface area contributed by atoms with E-state index >= 15 is 0 Å². The molecule has 0 aromatic heterocycles. The van der Waals surface area contributed by atoms with Crippen molar-refractivity contribution in [3.63, 3.8) is 0 Å². The molecule has 0 aliphatic heterocycles. The molecule has 0 aliphatic rings. The molecular weight excluding hydrogens is 334 g/mol. The summed E-state index contributed by atoms with van der Waals surface area (Å²) in [5, 5.41) is 22.9. The quantitative estimate of drug-likeness (QED) is 0.601. The first kappa shape index (κ1) is 19.5. The summed E-state index contributed by atoms with van der Waals surface area (Å²) in [4.78, 5) is 11.7. The number of hydrogen-bond acceptors (Lipinski definition) is 5. The number of alkyl carbamates (subject to hydrolysis) is 1. The van der Waals surface area contributed by atoms with E-state index in [-0.39, 0.29) is 19.8 Å². The molecule has 0 radical (unpaired) electrons. The Labute approximate surface area is 152 Å². The first-order chi connectivity index (χ1) is 12.6. The number of aliphatic hydroxyl groups is 2. The molecule has 3 N–H and O–H groups in total. The van der Waals surface area contributed by atoms with Crippen LogP contribution in [0.25, 0.3) is 0 Å². The van der Waals surface area contributed by atoms with Crippen LogP contribution in [0, 0.1) is 0 Å². The summed E-state index contributed by atoms with van der Waals surface area (Å²) in [6.07, 6.45) is -1.52. The Morgan fingerprint density at radius 3 is 2.54 bits per heavy atom. The molecule has 0 bridgehead atoms. The molecule has 0 fully saturated rings. The number of para-hydroxylation sites is 1. The van der Waals surface area contributed by atoms with Gasteiger partial charge in [-0.2, -0.15) is 0 Å². The summed E-state index contributed by atoms with van der Waals surface area (Å²) in [5.41, 5.74) is 1.29. The van der Waals surface area contributed by atoms with Gasteiger partial charge >= 0.3 is 6.09 Å². The van der Waals surface area contributed by atoms with E-state index in [0.29, 0.717) is 11.3 Å². The molecule has 138 valence electrons. The lowest BCUT2D eigenvalue weighted by Gasteiger charge is -2.21. The predicted octanol–water partition coefficient (Wildman–Crippen LogP) is 2.57. The largest absolute Gasteiger partial charge is 0.489 e. The molecule has 0 heterocycles. The van der Waals surface area contributed by atoms with Gasteiger partial charge in [-0.25, -0.2) is 4.79 Å². The van der Waals surface area contributed by atoms with Crippen molar-refractivity contribution >= 4 is 6.09 Å². The summed E-state index contributed by atoms with van der Waals surface area (Å²) in [5.74, 6) is 0.450. The van der Waals surface area contributed by atoms with Crippen molar-refractivity contribution in [2.45, 2.75) is 18.8 Å². The van der Waals surface area contributed by atoms with Crippen LogP contribution in [0.2, 0.25) is 0 Å². The molecule has 2 atom stereocenters. The van der Waals surface area contributed by atoms with Crippen molar-refractivity contribution in [2.75, 3.05) is 13.2 Å². The van der Waals surface area contributed by atoms with Crippen molar-refractivity contribution in [1.82, 2.24) is 5.32 Å². The Hall–Kier alpha value is -2.83. The minimum atomic E-state index is -1.22. The third kappa shape index (κ3) is 5.91. The Kier molecular flexibility index (Phi) is 7.67. The molecule has 1 amide bonds. The van der Waals surface area contributed by atoms with Gasteiger partial charge in [0.05, 0.1) is 0 Å². The average Bonchev–Trinajstić information content (AvgIpc) is 2.69. The molecule has 6 heteroatoms. The molecule has 2 unspecified atom stereocenters. The minimum absolute atomic E-state index is 0.129. The van der Waals surface area contributed by atoms with E-state index in [2.05, 4.69) is 11.9 Å². The Morgan fingerprint density at radius 2 is 1.81 bits per heavy atom. The molecule has 6 nitrogen and oxygen atoms in total. The molecule has 0 saturated carbocycles. The van der Waals surface area contributed by atoms with E-state index < -0.39 is 18.3 Å². The topological polar surface area (TPSA) is 88.0 Å². The number of benzene rings is 2. The van der Waals surface area contributed by atoms with Gasteiger partial charge in [0, 0.05) is 12.1 Å². The molecular formula is C20H23NO5. The fourth-order valence-electron chi connectivity index (χ4n) is 2.29. The van der Waals surface area contributed by atoms with Gasteiger partial charge in [0.25, 0.3) is 0 Å². The SMILES string of the molecule is C=CCOc1ccccc1C(O)C(O)CNC(=O)OCc1ccccc1. The number of ether oxygens (including phenoxy) is 2. The highest BCUT2D eigenvalue weighted by molar-refractivity contribution is 5.67. The van der Waals surface area contributed by atoms with Crippen LogP contribution >= 0.6 is 0 Å². The summed E-state index contributed by atoms with van der Waals surface area (Å²) in [6, 6.07) is 16.1. The zero-order valence-electron chi connectivity index (χ0n) is 14.4. The number of amides is 1. The molecule has 0 aliphatic carbocycles. The predicted molar refractivity (Wildman–Crippen MR) is 97.7 cm³/mol. The van der Waals surface area contributed by atoms with Crippen molar-refractivity contribution < 1.29 is 24.5 Å². The molecule has 2 aromatic carbocycles. The number of nitrogens with one attached hydrogen (secondary N) is 1. The van der Waals surface area contributed by atoms with Crippen molar-refractivity contribution in [3.8, 4) is 5.75 Å². The highest BCUT2D eigenvalue weighted by Crippen LogP contribution is 2.27. The maximum Gasteiger partial charge on any atom is 0.407 e. The van der Waals surface area contributed by atoms with Crippen molar-refractivity contribution in [1.29, 1.82) is 0 Å². The molecule has 0 saturated heterocycles. The lowest BCUT2D eigenvalue weighted by atomic mass is 10.0. The van der Waals surface area contributed by atoms with E-state index in [1.165, 1.54) is 0 Å². The van der Waals surface area contributed by atoms with Crippen LogP contribution in [0.5, 0.6) is 5.75 Å². The van der Waals surface area contributed by atoms with Gasteiger partial charge < -0.3 is 25.0 Å². The highest BCUT2D eigenvalue weighted by Gasteiger charge is 2.22. The monoisotopic (exact) mass is 357 g/mol. The third-order valence-electron chi connectivity index (χ3n) is 3.63. The van der Waals surface area contributed by atoms with Gasteiger partial charge in [0.1, 0.15) is 31.2 Å². The molecule has 0 spiro atoms. The van der Waals surface area contributed by atoms with Crippen LogP contribution in [-0.4, -0.2) is 35.6 Å². The van der Waals surface area contributed by atoms with E-state index in [9.17, 15) is 15.0 Å². The fourth-order valence-corrected chi connectivity index (χ4v) is 2.29. The Morgan fingerprint density at radius 1 is 1.12 bits per heavy atom. The van der Waals surface area contributed by atoms with E-state index in [1.807, 2.05) is 30.3 Å². The number of rotatable bonds is 9. The number of aliphatic hydroxyl groups excluding tert-OH is 2. The second-order valence-electron chi connectivity index (χ2n) is 5.59. The van der Waals surface area contributed by atoms with Gasteiger partial charge in [0.15, 0.2) is 0 Å². The van der Waals surface area contributed by atoms with Crippen LogP contribution in [-0.2, 0) is 11.3 Å². The minimum Gasteiger partial charge on any atom is -0.489 e. The number of carbonyl (C=O) groups is 1. The second kappa shape index (κ2) is 10.2. The summed E-state index contributed by atoms with van der Waals surface area (Å²) in [7, 11) is 0. The average molecular weight is 357 g/mol. The third-order valence-corrected chi connectivity index (χ3v) is 3.63. The second-order valence-corrected chi connectivity index (χ2v) is 5.59. The fraction of sp³-hybridized carbons (Fsp3) is 0.250. The van der Waals surface area contributed by atoms with Crippen LogP contribution in [0.15, 0.2) is 67.3 Å². The lowest BCUT2D eigenvalue weighted by molar-refractivity contribution is 0.0169. The van der Waals surface area contributed by atoms with E-state index in [4.69, 9.17) is 9.47 Å². The van der Waals surface area contributed by atoms with Crippen molar-refractivity contribution in [2.24, 2.45) is 0 Å². The zero-order chi connectivity index (χ0) is 18.8. The normalized spacial score (nSPS) is 12.7. The first-order valence-electron chi connectivity index (χ1n) is 8.25. The Balaban J connectivity index is 1.84. The van der Waals surface area contributed by atoms with Crippen LogP contribution in [0.3, 0.4) is 0 Å². The number of hydrogen-bond donors (Lipinski definition) is 3. The zero-order valence-corrected chi connectivity index (χ0v) is 14.4. The van der Waals surface area contributed by atoms with Crippen LogP contribution < -0.4 is 10.1 Å². The molecule has 26 heavy (non-hydrogen) atoms.